The van der Waals surface area contributed by atoms with E-state index in [2.05, 4.69) is 9.71 Å². The van der Waals surface area contributed by atoms with Crippen molar-refractivity contribution < 1.29 is 16.8 Å². The van der Waals surface area contributed by atoms with Crippen LogP contribution >= 0.6 is 0 Å². The topological polar surface area (TPSA) is 122 Å². The van der Waals surface area contributed by atoms with Gasteiger partial charge in [-0.1, -0.05) is 0 Å². The zero-order valence-corrected chi connectivity index (χ0v) is 11.9. The van der Waals surface area contributed by atoms with Crippen LogP contribution in [0.1, 0.15) is 18.5 Å². The highest BCUT2D eigenvalue weighted by atomic mass is 32.2. The van der Waals surface area contributed by atoms with Crippen molar-refractivity contribution in [2.24, 2.45) is 5.73 Å². The molecule has 1 aliphatic heterocycles. The number of aromatic amines is 1. The van der Waals surface area contributed by atoms with E-state index in [0.717, 1.165) is 0 Å². The number of sulfone groups is 1. The number of nitrogens with one attached hydrogen (secondary N) is 2. The van der Waals surface area contributed by atoms with Gasteiger partial charge in [-0.3, -0.25) is 0 Å². The molecule has 1 saturated heterocycles. The summed E-state index contributed by atoms with van der Waals surface area (Å²) < 4.78 is 49.2. The van der Waals surface area contributed by atoms with Crippen molar-refractivity contribution in [3.05, 3.63) is 18.0 Å². The van der Waals surface area contributed by atoms with Gasteiger partial charge in [-0.25, -0.2) is 21.6 Å². The van der Waals surface area contributed by atoms with Crippen LogP contribution in [-0.4, -0.2) is 39.4 Å². The van der Waals surface area contributed by atoms with E-state index in [0.29, 0.717) is 18.5 Å². The largest absolute Gasteiger partial charge is 0.363 e. The molecule has 9 heteroatoms. The fourth-order valence-corrected chi connectivity index (χ4v) is 4.80. The van der Waals surface area contributed by atoms with Gasteiger partial charge in [-0.15, -0.1) is 0 Å². The summed E-state index contributed by atoms with van der Waals surface area (Å²) in [5, 5.41) is 0. The van der Waals surface area contributed by atoms with E-state index >= 15 is 0 Å². The van der Waals surface area contributed by atoms with E-state index in [4.69, 9.17) is 5.73 Å². The summed E-state index contributed by atoms with van der Waals surface area (Å²) in [6.07, 6.45) is 2.01. The van der Waals surface area contributed by atoms with Crippen LogP contribution in [0.3, 0.4) is 0 Å². The van der Waals surface area contributed by atoms with Crippen LogP contribution < -0.4 is 10.5 Å². The Bertz CT molecular complexity index is 634. The Morgan fingerprint density at radius 2 is 2.00 bits per heavy atom. The summed E-state index contributed by atoms with van der Waals surface area (Å²) in [4.78, 5) is 2.90. The molecule has 1 aromatic rings. The Kier molecular flexibility index (Phi) is 4.00. The number of sulfonamides is 1. The predicted octanol–water partition coefficient (Wildman–Crippen LogP) is -0.671. The highest BCUT2D eigenvalue weighted by Crippen LogP contribution is 2.16. The fourth-order valence-electron chi connectivity index (χ4n) is 1.99. The average Bonchev–Trinajstić information content (AvgIpc) is 2.81. The minimum atomic E-state index is -3.62. The van der Waals surface area contributed by atoms with Crippen LogP contribution in [0.4, 0.5) is 0 Å². The Morgan fingerprint density at radius 3 is 2.53 bits per heavy atom. The van der Waals surface area contributed by atoms with Gasteiger partial charge >= 0.3 is 0 Å². The van der Waals surface area contributed by atoms with Gasteiger partial charge in [-0.05, 0) is 18.9 Å². The van der Waals surface area contributed by atoms with Gasteiger partial charge in [0.1, 0.15) is 9.84 Å². The van der Waals surface area contributed by atoms with Crippen LogP contribution in [0.5, 0.6) is 0 Å². The molecule has 0 bridgehead atoms. The first-order valence-electron chi connectivity index (χ1n) is 5.92. The lowest BCUT2D eigenvalue weighted by molar-refractivity contribution is 0.505. The molecule has 0 aliphatic carbocycles. The van der Waals surface area contributed by atoms with Gasteiger partial charge in [-0.2, -0.15) is 0 Å². The smallest absolute Gasteiger partial charge is 0.242 e. The first-order chi connectivity index (χ1) is 8.82. The summed E-state index contributed by atoms with van der Waals surface area (Å²) >= 11 is 0. The highest BCUT2D eigenvalue weighted by Gasteiger charge is 2.27. The van der Waals surface area contributed by atoms with Gasteiger partial charge in [0.25, 0.3) is 0 Å². The molecule has 108 valence electrons. The maximum atomic E-state index is 12.1. The molecule has 1 aromatic heterocycles. The Balaban J connectivity index is 2.06. The van der Waals surface area contributed by atoms with E-state index < -0.39 is 19.9 Å². The standard InChI is InChI=1S/C10H17N3O4S2/c11-6-9-5-10(7-12-9)19(16,17)13-8-1-3-18(14,15)4-2-8/h5,7-8,12-13H,1-4,6,11H2. The molecule has 7 nitrogen and oxygen atoms in total. The molecule has 0 spiro atoms. The average molecular weight is 307 g/mol. The van der Waals surface area contributed by atoms with Crippen molar-refractivity contribution in [1.29, 1.82) is 0 Å². The molecule has 1 aliphatic rings. The van der Waals surface area contributed by atoms with Crippen molar-refractivity contribution in [2.75, 3.05) is 11.5 Å². The molecule has 0 aromatic carbocycles. The lowest BCUT2D eigenvalue weighted by Crippen LogP contribution is -2.40. The second-order valence-corrected chi connectivity index (χ2v) is 8.63. The summed E-state index contributed by atoms with van der Waals surface area (Å²) in [5.74, 6) is 0.0583. The number of nitrogens with two attached hydrogens (primary N) is 1. The van der Waals surface area contributed by atoms with Gasteiger partial charge in [0.05, 0.1) is 16.4 Å². The van der Waals surface area contributed by atoms with Crippen LogP contribution in [-0.2, 0) is 26.4 Å². The third-order valence-corrected chi connectivity index (χ3v) is 6.34. The molecule has 0 radical (unpaired) electrons. The number of H-pyrrole nitrogens is 1. The van der Waals surface area contributed by atoms with Gasteiger partial charge in [0.2, 0.25) is 10.0 Å². The SMILES string of the molecule is NCc1cc(S(=O)(=O)NC2CCS(=O)(=O)CC2)c[nH]1. The molecule has 2 rings (SSSR count). The van der Waals surface area contributed by atoms with Crippen molar-refractivity contribution >= 4 is 19.9 Å². The first-order valence-corrected chi connectivity index (χ1v) is 9.23. The van der Waals surface area contributed by atoms with E-state index in [1.54, 1.807) is 0 Å². The molecule has 0 amide bonds. The van der Waals surface area contributed by atoms with Gasteiger partial charge < -0.3 is 10.7 Å². The second kappa shape index (κ2) is 5.23. The minimum Gasteiger partial charge on any atom is -0.363 e. The quantitative estimate of drug-likeness (QED) is 0.681. The van der Waals surface area contributed by atoms with E-state index in [-0.39, 0.29) is 29.0 Å². The third kappa shape index (κ3) is 3.56. The molecule has 0 unspecified atom stereocenters. The zero-order chi connectivity index (χ0) is 14.1. The van der Waals surface area contributed by atoms with Crippen molar-refractivity contribution in [1.82, 2.24) is 9.71 Å². The Morgan fingerprint density at radius 1 is 1.37 bits per heavy atom. The van der Waals surface area contributed by atoms with Crippen LogP contribution in [0.2, 0.25) is 0 Å². The molecule has 19 heavy (non-hydrogen) atoms. The predicted molar refractivity (Wildman–Crippen MR) is 70.7 cm³/mol. The van der Waals surface area contributed by atoms with E-state index in [1.807, 2.05) is 0 Å². The van der Waals surface area contributed by atoms with Gasteiger partial charge in [0.15, 0.2) is 0 Å². The highest BCUT2D eigenvalue weighted by molar-refractivity contribution is 7.91. The first kappa shape index (κ1) is 14.5. The third-order valence-electron chi connectivity index (χ3n) is 3.12. The number of aromatic nitrogens is 1. The van der Waals surface area contributed by atoms with E-state index in [9.17, 15) is 16.8 Å². The number of rotatable bonds is 4. The molecule has 4 N–H and O–H groups in total. The normalized spacial score (nSPS) is 20.5. The Labute approximate surface area is 112 Å². The molecule has 0 atom stereocenters. The van der Waals surface area contributed by atoms with E-state index in [1.165, 1.54) is 12.3 Å². The van der Waals surface area contributed by atoms with Crippen LogP contribution in [0.15, 0.2) is 17.2 Å². The summed E-state index contributed by atoms with van der Waals surface area (Å²) in [7, 11) is -6.61. The number of hydrogen-bond acceptors (Lipinski definition) is 5. The fraction of sp³-hybridized carbons (Fsp3) is 0.600. The maximum absolute atomic E-state index is 12.1. The molecular formula is C10H17N3O4S2. The molecule has 0 saturated carbocycles. The molecule has 1 fully saturated rings. The van der Waals surface area contributed by atoms with Gasteiger partial charge in [0, 0.05) is 24.5 Å². The van der Waals surface area contributed by atoms with Crippen molar-refractivity contribution in [3.63, 3.8) is 0 Å². The van der Waals surface area contributed by atoms with Crippen molar-refractivity contribution in [2.45, 2.75) is 30.3 Å². The summed E-state index contributed by atoms with van der Waals surface area (Å²) in [6, 6.07) is 1.15. The number of hydrogen-bond donors (Lipinski definition) is 3. The monoisotopic (exact) mass is 307 g/mol. The summed E-state index contributed by atoms with van der Waals surface area (Å²) in [5.41, 5.74) is 6.04. The second-order valence-electron chi connectivity index (χ2n) is 4.61. The minimum absolute atomic E-state index is 0.0291. The molecular weight excluding hydrogens is 290 g/mol. The summed E-state index contributed by atoms with van der Waals surface area (Å²) in [6.45, 7) is 0.233. The lowest BCUT2D eigenvalue weighted by atomic mass is 10.2. The Hall–Kier alpha value is -0.900. The van der Waals surface area contributed by atoms with Crippen LogP contribution in [0.25, 0.3) is 0 Å². The lowest BCUT2D eigenvalue weighted by Gasteiger charge is -2.22. The van der Waals surface area contributed by atoms with Crippen LogP contribution in [0, 0.1) is 0 Å². The maximum Gasteiger partial charge on any atom is 0.242 e. The molecule has 2 heterocycles. The van der Waals surface area contributed by atoms with Crippen molar-refractivity contribution in [3.8, 4) is 0 Å². The zero-order valence-electron chi connectivity index (χ0n) is 10.3.